The topological polar surface area (TPSA) is 52.6 Å². The summed E-state index contributed by atoms with van der Waals surface area (Å²) in [5.74, 6) is 0.453. The van der Waals surface area contributed by atoms with Crippen LogP contribution < -0.4 is 5.32 Å². The van der Waals surface area contributed by atoms with Crippen LogP contribution in [0.25, 0.3) is 0 Å². The highest BCUT2D eigenvalue weighted by Gasteiger charge is 2.24. The van der Waals surface area contributed by atoms with Crippen LogP contribution in [0.3, 0.4) is 0 Å². The van der Waals surface area contributed by atoms with Crippen LogP contribution >= 0.6 is 0 Å². The van der Waals surface area contributed by atoms with Crippen LogP contribution in [0, 0.1) is 12.8 Å². The van der Waals surface area contributed by atoms with Crippen LogP contribution in [0.15, 0.2) is 18.2 Å². The second-order valence-corrected chi connectivity index (χ2v) is 5.89. The summed E-state index contributed by atoms with van der Waals surface area (Å²) < 4.78 is 0. The van der Waals surface area contributed by atoms with Crippen molar-refractivity contribution < 1.29 is 9.90 Å². The van der Waals surface area contributed by atoms with Crippen molar-refractivity contribution in [1.29, 1.82) is 0 Å². The van der Waals surface area contributed by atoms with Gasteiger partial charge < -0.3 is 15.3 Å². The molecule has 0 aromatic heterocycles. The minimum atomic E-state index is 0.102. The number of aliphatic hydroxyl groups excluding tert-OH is 1. The van der Waals surface area contributed by atoms with Crippen LogP contribution in [0.5, 0.6) is 0 Å². The Balaban J connectivity index is 2.11. The molecule has 0 bridgehead atoms. The first-order valence-corrected chi connectivity index (χ1v) is 7.90. The maximum absolute atomic E-state index is 12.7. The number of carbonyl (C=O) groups is 1. The smallest absolute Gasteiger partial charge is 0.255 e. The number of hydrogen-bond acceptors (Lipinski definition) is 3. The van der Waals surface area contributed by atoms with Crippen LogP contribution in [0.1, 0.15) is 42.1 Å². The molecule has 2 rings (SSSR count). The van der Waals surface area contributed by atoms with E-state index in [4.69, 9.17) is 0 Å². The Morgan fingerprint density at radius 2 is 2.10 bits per heavy atom. The Kier molecular flexibility index (Phi) is 5.62. The van der Waals surface area contributed by atoms with Gasteiger partial charge in [-0.15, -0.1) is 0 Å². The van der Waals surface area contributed by atoms with Crippen molar-refractivity contribution in [2.75, 3.05) is 31.6 Å². The van der Waals surface area contributed by atoms with Crippen molar-refractivity contribution in [3.8, 4) is 0 Å². The highest BCUT2D eigenvalue weighted by Crippen LogP contribution is 2.23. The number of rotatable bonds is 5. The second-order valence-electron chi connectivity index (χ2n) is 5.89. The quantitative estimate of drug-likeness (QED) is 0.876. The molecule has 1 amide bonds. The standard InChI is InChI=1S/C17H26N2O2/c1-3-8-18-16-11-13(2)4-5-15(16)17(21)19-9-6-14(12-20)7-10-19/h4-5,11,14,18,20H,3,6-10,12H2,1-2H3. The molecule has 2 N–H and O–H groups in total. The maximum atomic E-state index is 12.7. The van der Waals surface area contributed by atoms with Gasteiger partial charge in [0.2, 0.25) is 0 Å². The Labute approximate surface area is 127 Å². The van der Waals surface area contributed by atoms with Crippen molar-refractivity contribution in [3.63, 3.8) is 0 Å². The van der Waals surface area contributed by atoms with Crippen LogP contribution in [0.4, 0.5) is 5.69 Å². The van der Waals surface area contributed by atoms with E-state index in [1.54, 1.807) is 0 Å². The van der Waals surface area contributed by atoms with Gasteiger partial charge in [-0.2, -0.15) is 0 Å². The third-order valence-electron chi connectivity index (χ3n) is 4.13. The second kappa shape index (κ2) is 7.46. The van der Waals surface area contributed by atoms with Crippen molar-refractivity contribution >= 4 is 11.6 Å². The fraction of sp³-hybridized carbons (Fsp3) is 0.588. The largest absolute Gasteiger partial charge is 0.396 e. The number of nitrogens with one attached hydrogen (secondary N) is 1. The first-order chi connectivity index (χ1) is 10.2. The lowest BCUT2D eigenvalue weighted by Gasteiger charge is -2.31. The molecule has 21 heavy (non-hydrogen) atoms. The molecule has 1 aliphatic rings. The molecular weight excluding hydrogens is 264 g/mol. The monoisotopic (exact) mass is 290 g/mol. The lowest BCUT2D eigenvalue weighted by molar-refractivity contribution is 0.0652. The Bertz CT molecular complexity index is 480. The zero-order chi connectivity index (χ0) is 15.2. The molecule has 1 aromatic rings. The molecule has 0 aliphatic carbocycles. The van der Waals surface area contributed by atoms with Gasteiger partial charge in [0.1, 0.15) is 0 Å². The summed E-state index contributed by atoms with van der Waals surface area (Å²) >= 11 is 0. The SMILES string of the molecule is CCCNc1cc(C)ccc1C(=O)N1CCC(CO)CC1. The third-order valence-corrected chi connectivity index (χ3v) is 4.13. The molecule has 1 aromatic carbocycles. The van der Waals surface area contributed by atoms with Gasteiger partial charge in [-0.3, -0.25) is 4.79 Å². The normalized spacial score (nSPS) is 16.0. The number of carbonyl (C=O) groups excluding carboxylic acids is 1. The zero-order valence-electron chi connectivity index (χ0n) is 13.1. The third kappa shape index (κ3) is 3.97. The zero-order valence-corrected chi connectivity index (χ0v) is 13.1. The number of likely N-dealkylation sites (tertiary alicyclic amines) is 1. The minimum Gasteiger partial charge on any atom is -0.396 e. The van der Waals surface area contributed by atoms with Crippen molar-refractivity contribution in [3.05, 3.63) is 29.3 Å². The van der Waals surface area contributed by atoms with E-state index < -0.39 is 0 Å². The fourth-order valence-electron chi connectivity index (χ4n) is 2.74. The number of hydrogen-bond donors (Lipinski definition) is 2. The summed E-state index contributed by atoms with van der Waals surface area (Å²) in [4.78, 5) is 14.6. The maximum Gasteiger partial charge on any atom is 0.255 e. The molecule has 0 unspecified atom stereocenters. The van der Waals surface area contributed by atoms with E-state index >= 15 is 0 Å². The molecule has 0 atom stereocenters. The van der Waals surface area contributed by atoms with Gasteiger partial charge in [-0.25, -0.2) is 0 Å². The predicted molar refractivity (Wildman–Crippen MR) is 85.7 cm³/mol. The van der Waals surface area contributed by atoms with E-state index in [2.05, 4.69) is 12.2 Å². The molecule has 1 saturated heterocycles. The highest BCUT2D eigenvalue weighted by atomic mass is 16.3. The van der Waals surface area contributed by atoms with Crippen molar-refractivity contribution in [2.45, 2.75) is 33.1 Å². The Morgan fingerprint density at radius 3 is 2.71 bits per heavy atom. The fourth-order valence-corrected chi connectivity index (χ4v) is 2.74. The summed E-state index contributed by atoms with van der Waals surface area (Å²) in [5, 5.41) is 12.5. The van der Waals surface area contributed by atoms with Gasteiger partial charge in [-0.05, 0) is 49.8 Å². The Hall–Kier alpha value is -1.55. The van der Waals surface area contributed by atoms with Gasteiger partial charge in [0, 0.05) is 31.9 Å². The molecule has 4 heteroatoms. The summed E-state index contributed by atoms with van der Waals surface area (Å²) in [6.07, 6.45) is 2.82. The van der Waals surface area contributed by atoms with E-state index in [1.165, 1.54) is 0 Å². The van der Waals surface area contributed by atoms with Crippen LogP contribution in [-0.4, -0.2) is 42.2 Å². The highest BCUT2D eigenvalue weighted by molar-refractivity contribution is 5.99. The number of benzene rings is 1. The molecule has 0 saturated carbocycles. The van der Waals surface area contributed by atoms with E-state index in [0.717, 1.165) is 55.7 Å². The molecular formula is C17H26N2O2. The average Bonchev–Trinajstić information content (AvgIpc) is 2.52. The molecule has 4 nitrogen and oxygen atoms in total. The number of piperidine rings is 1. The molecule has 0 spiro atoms. The number of nitrogens with zero attached hydrogens (tertiary/aromatic N) is 1. The number of aliphatic hydroxyl groups is 1. The van der Waals surface area contributed by atoms with E-state index in [0.29, 0.717) is 5.92 Å². The average molecular weight is 290 g/mol. The first-order valence-electron chi connectivity index (χ1n) is 7.90. The van der Waals surface area contributed by atoms with E-state index in [-0.39, 0.29) is 12.5 Å². The number of aryl methyl sites for hydroxylation is 1. The van der Waals surface area contributed by atoms with Gasteiger partial charge in [0.05, 0.1) is 5.56 Å². The van der Waals surface area contributed by atoms with Gasteiger partial charge in [-0.1, -0.05) is 13.0 Å². The van der Waals surface area contributed by atoms with Crippen molar-refractivity contribution in [1.82, 2.24) is 4.90 Å². The summed E-state index contributed by atoms with van der Waals surface area (Å²) in [6, 6.07) is 5.96. The van der Waals surface area contributed by atoms with E-state index in [9.17, 15) is 9.90 Å². The summed E-state index contributed by atoms with van der Waals surface area (Å²) in [6.45, 7) is 6.74. The minimum absolute atomic E-state index is 0.102. The lowest BCUT2D eigenvalue weighted by atomic mass is 9.97. The van der Waals surface area contributed by atoms with E-state index in [1.807, 2.05) is 30.0 Å². The van der Waals surface area contributed by atoms with Gasteiger partial charge in [0.15, 0.2) is 0 Å². The molecule has 1 aliphatic heterocycles. The molecule has 1 heterocycles. The molecule has 116 valence electrons. The van der Waals surface area contributed by atoms with Crippen LogP contribution in [-0.2, 0) is 0 Å². The predicted octanol–water partition coefficient (Wildman–Crippen LogP) is 2.66. The lowest BCUT2D eigenvalue weighted by Crippen LogP contribution is -2.39. The van der Waals surface area contributed by atoms with Gasteiger partial charge >= 0.3 is 0 Å². The van der Waals surface area contributed by atoms with Crippen molar-refractivity contribution in [2.24, 2.45) is 5.92 Å². The first kappa shape index (κ1) is 15.8. The summed E-state index contributed by atoms with van der Waals surface area (Å²) in [7, 11) is 0. The number of anilines is 1. The number of amides is 1. The molecule has 1 fully saturated rings. The van der Waals surface area contributed by atoms with Gasteiger partial charge in [0.25, 0.3) is 5.91 Å². The summed E-state index contributed by atoms with van der Waals surface area (Å²) in [5.41, 5.74) is 2.85. The molecule has 0 radical (unpaired) electrons. The van der Waals surface area contributed by atoms with Crippen LogP contribution in [0.2, 0.25) is 0 Å². The Morgan fingerprint density at radius 1 is 1.38 bits per heavy atom.